The van der Waals surface area contributed by atoms with Crippen LogP contribution in [0.5, 0.6) is 0 Å². The fourth-order valence-corrected chi connectivity index (χ4v) is 5.55. The first-order valence-electron chi connectivity index (χ1n) is 8.94. The number of carbonyl (C=O) groups excluding carboxylic acids is 1. The normalized spacial score (nSPS) is 16.3. The third-order valence-corrected chi connectivity index (χ3v) is 7.35. The number of benzene rings is 1. The summed E-state index contributed by atoms with van der Waals surface area (Å²) in [5.41, 5.74) is 1.92. The van der Waals surface area contributed by atoms with Crippen molar-refractivity contribution in [1.82, 2.24) is 23.4 Å². The minimum Gasteiger partial charge on any atom is -0.352 e. The second kappa shape index (κ2) is 7.90. The van der Waals surface area contributed by atoms with Gasteiger partial charge in [-0.05, 0) is 36.6 Å². The zero-order chi connectivity index (χ0) is 19.6. The largest absolute Gasteiger partial charge is 0.352 e. The van der Waals surface area contributed by atoms with Gasteiger partial charge < -0.3 is 5.32 Å². The molecule has 0 spiro atoms. The van der Waals surface area contributed by atoms with E-state index >= 15 is 0 Å². The number of rotatable bonds is 5. The molecule has 1 saturated heterocycles. The van der Waals surface area contributed by atoms with Crippen LogP contribution in [0.1, 0.15) is 18.4 Å². The maximum atomic E-state index is 13.0. The molecule has 1 aliphatic rings. The zero-order valence-electron chi connectivity index (χ0n) is 15.0. The van der Waals surface area contributed by atoms with E-state index in [2.05, 4.69) is 19.0 Å². The van der Waals surface area contributed by atoms with Crippen molar-refractivity contribution in [3.63, 3.8) is 0 Å². The minimum absolute atomic E-state index is 0.0493. The molecular weight excluding hydrogens is 398 g/mol. The Morgan fingerprint density at radius 2 is 2.00 bits per heavy atom. The van der Waals surface area contributed by atoms with E-state index in [0.717, 1.165) is 17.3 Å². The molecular formula is C18H19N5O3S2. The number of amides is 1. The smallest absolute Gasteiger partial charge is 0.245 e. The fourth-order valence-electron chi connectivity index (χ4n) is 3.32. The van der Waals surface area contributed by atoms with E-state index in [9.17, 15) is 13.2 Å². The van der Waals surface area contributed by atoms with E-state index in [4.69, 9.17) is 0 Å². The Balaban J connectivity index is 1.39. The number of piperidine rings is 1. The molecule has 8 nitrogen and oxygen atoms in total. The molecule has 0 bridgehead atoms. The monoisotopic (exact) mass is 417 g/mol. The van der Waals surface area contributed by atoms with Gasteiger partial charge in [-0.15, -0.1) is 0 Å². The van der Waals surface area contributed by atoms with Crippen LogP contribution in [0.3, 0.4) is 0 Å². The second-order valence-electron chi connectivity index (χ2n) is 6.65. The van der Waals surface area contributed by atoms with Crippen LogP contribution >= 0.6 is 11.7 Å². The highest BCUT2D eigenvalue weighted by molar-refractivity contribution is 7.89. The van der Waals surface area contributed by atoms with Gasteiger partial charge in [-0.2, -0.15) is 13.1 Å². The maximum absolute atomic E-state index is 13.0. The lowest BCUT2D eigenvalue weighted by atomic mass is 9.97. The standard InChI is InChI=1S/C18H19N5O3S2/c24-18(20-12-13-3-2-8-19-11-13)14-6-9-23(10-7-14)28(25,26)16-5-1-4-15-17(16)22-27-21-15/h1-5,8,11,14H,6-7,9-10,12H2,(H,20,24). The van der Waals surface area contributed by atoms with Crippen molar-refractivity contribution in [2.24, 2.45) is 5.92 Å². The zero-order valence-corrected chi connectivity index (χ0v) is 16.6. The number of sulfonamides is 1. The Hall–Kier alpha value is -2.43. The van der Waals surface area contributed by atoms with Crippen molar-refractivity contribution in [3.05, 3.63) is 48.3 Å². The van der Waals surface area contributed by atoms with Crippen molar-refractivity contribution in [3.8, 4) is 0 Å². The summed E-state index contributed by atoms with van der Waals surface area (Å²) in [5.74, 6) is -0.244. The first kappa shape index (κ1) is 18.9. The van der Waals surface area contributed by atoms with Crippen LogP contribution in [0.15, 0.2) is 47.6 Å². The number of hydrogen-bond donors (Lipinski definition) is 1. The predicted molar refractivity (Wildman–Crippen MR) is 105 cm³/mol. The molecule has 4 rings (SSSR count). The highest BCUT2D eigenvalue weighted by atomic mass is 32.2. The number of aromatic nitrogens is 3. The lowest BCUT2D eigenvalue weighted by Gasteiger charge is -2.30. The predicted octanol–water partition coefficient (Wildman–Crippen LogP) is 1.80. The molecule has 28 heavy (non-hydrogen) atoms. The number of carbonyl (C=O) groups is 1. The Labute approximate surface area is 167 Å². The first-order valence-corrected chi connectivity index (χ1v) is 11.1. The lowest BCUT2D eigenvalue weighted by Crippen LogP contribution is -2.42. The third-order valence-electron chi connectivity index (χ3n) is 4.88. The van der Waals surface area contributed by atoms with Crippen molar-refractivity contribution >= 4 is 38.7 Å². The summed E-state index contributed by atoms with van der Waals surface area (Å²) >= 11 is 0.997. The molecule has 0 unspecified atom stereocenters. The maximum Gasteiger partial charge on any atom is 0.245 e. The van der Waals surface area contributed by atoms with Gasteiger partial charge in [0.2, 0.25) is 15.9 Å². The summed E-state index contributed by atoms with van der Waals surface area (Å²) in [5, 5.41) is 2.91. The van der Waals surface area contributed by atoms with Gasteiger partial charge >= 0.3 is 0 Å². The molecule has 0 atom stereocenters. The Morgan fingerprint density at radius 1 is 1.18 bits per heavy atom. The molecule has 1 N–H and O–H groups in total. The number of fused-ring (bicyclic) bond motifs is 1. The van der Waals surface area contributed by atoms with Crippen molar-refractivity contribution < 1.29 is 13.2 Å². The number of nitrogens with one attached hydrogen (secondary N) is 1. The van der Waals surface area contributed by atoms with Crippen LogP contribution in [-0.2, 0) is 21.4 Å². The SMILES string of the molecule is O=C(NCc1cccnc1)C1CCN(S(=O)(=O)c2cccc3nsnc23)CC1. The average molecular weight is 418 g/mol. The average Bonchev–Trinajstić information content (AvgIpc) is 3.21. The van der Waals surface area contributed by atoms with Gasteiger partial charge in [0.15, 0.2) is 0 Å². The quantitative estimate of drug-likeness (QED) is 0.679. The van der Waals surface area contributed by atoms with Crippen molar-refractivity contribution in [1.29, 1.82) is 0 Å². The number of pyridine rings is 1. The van der Waals surface area contributed by atoms with Crippen molar-refractivity contribution in [2.45, 2.75) is 24.3 Å². The highest BCUT2D eigenvalue weighted by Crippen LogP contribution is 2.28. The second-order valence-corrected chi connectivity index (χ2v) is 9.08. The number of hydrogen-bond acceptors (Lipinski definition) is 7. The van der Waals surface area contributed by atoms with Gasteiger partial charge in [-0.25, -0.2) is 8.42 Å². The Bertz CT molecular complexity index is 1080. The molecule has 1 aromatic carbocycles. The topological polar surface area (TPSA) is 105 Å². The van der Waals surface area contributed by atoms with Gasteiger partial charge in [0, 0.05) is 37.9 Å². The van der Waals surface area contributed by atoms with Gasteiger partial charge in [0.05, 0.1) is 11.7 Å². The molecule has 0 radical (unpaired) electrons. The summed E-state index contributed by atoms with van der Waals surface area (Å²) in [7, 11) is -3.67. The Morgan fingerprint density at radius 3 is 2.75 bits per heavy atom. The van der Waals surface area contributed by atoms with E-state index in [-0.39, 0.29) is 16.7 Å². The molecule has 1 fully saturated rings. The molecule has 3 heterocycles. The van der Waals surface area contributed by atoms with E-state index in [1.54, 1.807) is 30.6 Å². The van der Waals surface area contributed by atoms with Crippen molar-refractivity contribution in [2.75, 3.05) is 13.1 Å². The van der Waals surface area contributed by atoms with Gasteiger partial charge in [-0.1, -0.05) is 12.1 Å². The third kappa shape index (κ3) is 3.75. The van der Waals surface area contributed by atoms with E-state index in [1.807, 2.05) is 12.1 Å². The van der Waals surface area contributed by atoms with Crippen LogP contribution in [0.2, 0.25) is 0 Å². The first-order chi connectivity index (χ1) is 13.6. The molecule has 1 aliphatic heterocycles. The van der Waals surface area contributed by atoms with Crippen LogP contribution in [-0.4, -0.2) is 45.5 Å². The summed E-state index contributed by atoms with van der Waals surface area (Å²) in [4.78, 5) is 16.6. The lowest BCUT2D eigenvalue weighted by molar-refractivity contribution is -0.126. The molecule has 10 heteroatoms. The molecule has 2 aromatic heterocycles. The summed E-state index contributed by atoms with van der Waals surface area (Å²) in [6, 6.07) is 8.71. The highest BCUT2D eigenvalue weighted by Gasteiger charge is 2.33. The summed E-state index contributed by atoms with van der Waals surface area (Å²) in [6.07, 6.45) is 4.37. The van der Waals surface area contributed by atoms with E-state index < -0.39 is 10.0 Å². The molecule has 0 saturated carbocycles. The van der Waals surface area contributed by atoms with E-state index in [1.165, 1.54) is 4.31 Å². The fraction of sp³-hybridized carbons (Fsp3) is 0.333. The van der Waals surface area contributed by atoms with Gasteiger partial charge in [-0.3, -0.25) is 9.78 Å². The minimum atomic E-state index is -3.67. The van der Waals surface area contributed by atoms with Crippen LogP contribution in [0, 0.1) is 5.92 Å². The molecule has 1 amide bonds. The molecule has 146 valence electrons. The van der Waals surface area contributed by atoms with Gasteiger partial charge in [0.1, 0.15) is 15.9 Å². The summed E-state index contributed by atoms with van der Waals surface area (Å²) in [6.45, 7) is 1.03. The van der Waals surface area contributed by atoms with Crippen LogP contribution < -0.4 is 5.32 Å². The number of nitrogens with zero attached hydrogens (tertiary/aromatic N) is 4. The summed E-state index contributed by atoms with van der Waals surface area (Å²) < 4.78 is 35.8. The van der Waals surface area contributed by atoms with Crippen LogP contribution in [0.4, 0.5) is 0 Å². The van der Waals surface area contributed by atoms with E-state index in [0.29, 0.717) is 43.5 Å². The Kier molecular flexibility index (Phi) is 5.33. The van der Waals surface area contributed by atoms with Crippen LogP contribution in [0.25, 0.3) is 11.0 Å². The molecule has 3 aromatic rings. The molecule has 0 aliphatic carbocycles. The van der Waals surface area contributed by atoms with Gasteiger partial charge in [0.25, 0.3) is 0 Å².